The van der Waals surface area contributed by atoms with Gasteiger partial charge >= 0.3 is 5.97 Å². The Hall–Kier alpha value is -1.50. The minimum absolute atomic E-state index is 0.0249. The molecule has 0 saturated carbocycles. The lowest BCUT2D eigenvalue weighted by molar-refractivity contribution is -0.133. The summed E-state index contributed by atoms with van der Waals surface area (Å²) in [6, 6.07) is 0.276. The number of hydrogen-bond acceptors (Lipinski definition) is 4. The Balaban J connectivity index is 2.55. The summed E-state index contributed by atoms with van der Waals surface area (Å²) in [4.78, 5) is 15.5. The minimum atomic E-state index is -0.824. The van der Waals surface area contributed by atoms with E-state index >= 15 is 0 Å². The highest BCUT2D eigenvalue weighted by Gasteiger charge is 2.22. The maximum Gasteiger partial charge on any atom is 0.313 e. The fourth-order valence-corrected chi connectivity index (χ4v) is 3.38. The number of aromatic nitrogens is 4. The van der Waals surface area contributed by atoms with Crippen molar-refractivity contribution < 1.29 is 9.90 Å². The molecule has 116 valence electrons. The van der Waals surface area contributed by atoms with Gasteiger partial charge in [0.25, 0.3) is 0 Å². The van der Waals surface area contributed by atoms with Gasteiger partial charge in [0.2, 0.25) is 0 Å². The quantitative estimate of drug-likeness (QED) is 0.796. The number of fused-ring (bicyclic) bond motifs is 1. The molecule has 0 radical (unpaired) electrons. The van der Waals surface area contributed by atoms with Gasteiger partial charge in [-0.2, -0.15) is 5.10 Å². The van der Waals surface area contributed by atoms with Crippen molar-refractivity contribution in [3.63, 3.8) is 0 Å². The zero-order chi connectivity index (χ0) is 15.6. The average molecular weight is 310 g/mol. The van der Waals surface area contributed by atoms with E-state index in [4.69, 9.17) is 5.11 Å². The van der Waals surface area contributed by atoms with Crippen molar-refractivity contribution in [2.75, 3.05) is 5.75 Å². The topological polar surface area (TPSA) is 72.9 Å². The van der Waals surface area contributed by atoms with Gasteiger partial charge in [0.05, 0.1) is 11.4 Å². The molecule has 0 aliphatic carbocycles. The van der Waals surface area contributed by atoms with Crippen molar-refractivity contribution in [1.82, 2.24) is 19.3 Å². The third-order valence-corrected chi connectivity index (χ3v) is 4.42. The Kier molecular flexibility index (Phi) is 4.92. The van der Waals surface area contributed by atoms with Crippen LogP contribution in [-0.4, -0.2) is 36.2 Å². The lowest BCUT2D eigenvalue weighted by atomic mass is 10.2. The third-order valence-electron chi connectivity index (χ3n) is 3.48. The molecule has 1 N–H and O–H groups in total. The number of aryl methyl sites for hydroxylation is 2. The van der Waals surface area contributed by atoms with Crippen LogP contribution in [0.25, 0.3) is 11.2 Å². The molecule has 2 aromatic heterocycles. The standard InChI is InChI=1S/C14H22N4O2S/c1-5-7-9(3)18-13-12(10(4)16-17(13)6-2)15-14(18)21-8-11(19)20/h9H,5-8H2,1-4H3,(H,19,20). The maximum atomic E-state index is 10.8. The molecule has 0 aromatic carbocycles. The Bertz CT molecular complexity index is 647. The predicted octanol–water partition coefficient (Wildman–Crippen LogP) is 3.10. The summed E-state index contributed by atoms with van der Waals surface area (Å²) in [5.74, 6) is -0.799. The molecule has 1 unspecified atom stereocenters. The van der Waals surface area contributed by atoms with Crippen LogP contribution in [-0.2, 0) is 11.3 Å². The van der Waals surface area contributed by atoms with E-state index in [-0.39, 0.29) is 11.8 Å². The number of carboxylic acid groups (broad SMARTS) is 1. The molecule has 0 bridgehead atoms. The van der Waals surface area contributed by atoms with Crippen LogP contribution in [0.15, 0.2) is 5.16 Å². The number of aliphatic carboxylic acids is 1. The van der Waals surface area contributed by atoms with Crippen molar-refractivity contribution >= 4 is 28.9 Å². The molecular weight excluding hydrogens is 288 g/mol. The maximum absolute atomic E-state index is 10.8. The Morgan fingerprint density at radius 3 is 2.71 bits per heavy atom. The smallest absolute Gasteiger partial charge is 0.313 e. The number of nitrogens with zero attached hydrogens (tertiary/aromatic N) is 4. The molecule has 2 aromatic rings. The first-order valence-corrected chi connectivity index (χ1v) is 8.28. The fraction of sp³-hybridized carbons (Fsp3) is 0.643. The van der Waals surface area contributed by atoms with Gasteiger partial charge in [-0.15, -0.1) is 0 Å². The van der Waals surface area contributed by atoms with E-state index in [2.05, 4.69) is 35.4 Å². The highest BCUT2D eigenvalue weighted by atomic mass is 32.2. The van der Waals surface area contributed by atoms with Crippen LogP contribution in [0.3, 0.4) is 0 Å². The highest BCUT2D eigenvalue weighted by Crippen LogP contribution is 2.31. The van der Waals surface area contributed by atoms with Crippen LogP contribution in [0.1, 0.15) is 45.3 Å². The van der Waals surface area contributed by atoms with Crippen molar-refractivity contribution in [2.45, 2.75) is 58.3 Å². The summed E-state index contributed by atoms with van der Waals surface area (Å²) < 4.78 is 4.10. The molecule has 0 saturated heterocycles. The SMILES string of the molecule is CCCC(C)n1c(SCC(=O)O)nc2c(C)nn(CC)c21. The number of imidazole rings is 1. The first-order valence-electron chi connectivity index (χ1n) is 7.29. The normalized spacial score (nSPS) is 13.0. The van der Waals surface area contributed by atoms with Crippen molar-refractivity contribution in [2.24, 2.45) is 0 Å². The number of carbonyl (C=O) groups is 1. The summed E-state index contributed by atoms with van der Waals surface area (Å²) in [6.45, 7) is 9.08. The second kappa shape index (κ2) is 6.51. The Morgan fingerprint density at radius 2 is 2.14 bits per heavy atom. The minimum Gasteiger partial charge on any atom is -0.481 e. The van der Waals surface area contributed by atoms with Crippen LogP contribution >= 0.6 is 11.8 Å². The molecule has 0 spiro atoms. The van der Waals surface area contributed by atoms with Gasteiger partial charge < -0.3 is 9.67 Å². The molecule has 21 heavy (non-hydrogen) atoms. The Morgan fingerprint density at radius 1 is 1.43 bits per heavy atom. The highest BCUT2D eigenvalue weighted by molar-refractivity contribution is 7.99. The van der Waals surface area contributed by atoms with E-state index < -0.39 is 5.97 Å². The van der Waals surface area contributed by atoms with E-state index in [0.29, 0.717) is 0 Å². The zero-order valence-corrected chi connectivity index (χ0v) is 13.8. The zero-order valence-electron chi connectivity index (χ0n) is 13.0. The van der Waals surface area contributed by atoms with Gasteiger partial charge in [-0.3, -0.25) is 4.79 Å². The summed E-state index contributed by atoms with van der Waals surface area (Å²) in [5.41, 5.74) is 2.78. The Labute approximate surface area is 128 Å². The molecule has 0 fully saturated rings. The van der Waals surface area contributed by atoms with Gasteiger partial charge in [0.1, 0.15) is 5.52 Å². The van der Waals surface area contributed by atoms with Gasteiger partial charge in [-0.1, -0.05) is 25.1 Å². The van der Waals surface area contributed by atoms with Crippen molar-refractivity contribution in [1.29, 1.82) is 0 Å². The molecule has 2 heterocycles. The van der Waals surface area contributed by atoms with Crippen LogP contribution in [0.4, 0.5) is 0 Å². The molecule has 2 rings (SSSR count). The molecular formula is C14H22N4O2S. The second-order valence-corrected chi connectivity index (χ2v) is 6.10. The molecule has 7 heteroatoms. The van der Waals surface area contributed by atoms with Gasteiger partial charge in [0.15, 0.2) is 10.8 Å². The van der Waals surface area contributed by atoms with E-state index in [1.54, 1.807) is 0 Å². The molecule has 0 amide bonds. The lowest BCUT2D eigenvalue weighted by Crippen LogP contribution is -2.11. The average Bonchev–Trinajstić information content (AvgIpc) is 2.94. The summed E-state index contributed by atoms with van der Waals surface area (Å²) in [7, 11) is 0. The van der Waals surface area contributed by atoms with Gasteiger partial charge in [-0.05, 0) is 27.2 Å². The van der Waals surface area contributed by atoms with E-state index in [9.17, 15) is 4.79 Å². The third kappa shape index (κ3) is 3.07. The molecule has 1 atom stereocenters. The monoisotopic (exact) mass is 310 g/mol. The first-order chi connectivity index (χ1) is 9.99. The molecule has 0 aliphatic rings. The first kappa shape index (κ1) is 15.9. The van der Waals surface area contributed by atoms with Crippen LogP contribution < -0.4 is 0 Å². The second-order valence-electron chi connectivity index (χ2n) is 5.16. The fourth-order valence-electron chi connectivity index (χ4n) is 2.56. The van der Waals surface area contributed by atoms with Crippen molar-refractivity contribution in [3.8, 4) is 0 Å². The van der Waals surface area contributed by atoms with Crippen LogP contribution in [0.5, 0.6) is 0 Å². The predicted molar refractivity (Wildman–Crippen MR) is 83.9 cm³/mol. The van der Waals surface area contributed by atoms with Gasteiger partial charge in [-0.25, -0.2) is 9.67 Å². The van der Waals surface area contributed by atoms with E-state index in [0.717, 1.165) is 41.4 Å². The van der Waals surface area contributed by atoms with Crippen molar-refractivity contribution in [3.05, 3.63) is 5.69 Å². The molecule has 0 aliphatic heterocycles. The summed E-state index contributed by atoms with van der Waals surface area (Å²) in [5, 5.41) is 14.2. The lowest BCUT2D eigenvalue weighted by Gasteiger charge is -2.16. The number of thioether (sulfide) groups is 1. The number of carboxylic acids is 1. The molecule has 6 nitrogen and oxygen atoms in total. The van der Waals surface area contributed by atoms with E-state index in [1.165, 1.54) is 11.8 Å². The summed E-state index contributed by atoms with van der Waals surface area (Å²) >= 11 is 1.28. The number of hydrogen-bond donors (Lipinski definition) is 1. The largest absolute Gasteiger partial charge is 0.481 e. The summed E-state index contributed by atoms with van der Waals surface area (Å²) in [6.07, 6.45) is 2.10. The van der Waals surface area contributed by atoms with E-state index in [1.807, 2.05) is 11.6 Å². The van der Waals surface area contributed by atoms with Gasteiger partial charge in [0, 0.05) is 12.6 Å². The number of rotatable bonds is 7. The van der Waals surface area contributed by atoms with Crippen LogP contribution in [0.2, 0.25) is 0 Å². The van der Waals surface area contributed by atoms with Crippen LogP contribution in [0, 0.1) is 6.92 Å².